The van der Waals surface area contributed by atoms with Crippen LogP contribution in [0.4, 0.5) is 10.5 Å². The third-order valence-electron chi connectivity index (χ3n) is 4.68. The molecule has 1 unspecified atom stereocenters. The fraction of sp³-hybridized carbons (Fsp3) is 0.150. The molecule has 1 atom stereocenters. The van der Waals surface area contributed by atoms with E-state index in [9.17, 15) is 14.4 Å². The summed E-state index contributed by atoms with van der Waals surface area (Å²) in [5.74, 6) is -1.08. The Balaban J connectivity index is 1.71. The van der Waals surface area contributed by atoms with Crippen molar-refractivity contribution in [2.24, 2.45) is 0 Å². The van der Waals surface area contributed by atoms with Gasteiger partial charge in [0, 0.05) is 12.1 Å². The number of imide groups is 1. The van der Waals surface area contributed by atoms with Gasteiger partial charge in [0.1, 0.15) is 0 Å². The summed E-state index contributed by atoms with van der Waals surface area (Å²) >= 11 is 0. The molecule has 2 aromatic carbocycles. The molecule has 0 aliphatic carbocycles. The third-order valence-corrected chi connectivity index (χ3v) is 4.68. The van der Waals surface area contributed by atoms with Crippen molar-refractivity contribution in [2.75, 3.05) is 11.4 Å². The van der Waals surface area contributed by atoms with Crippen LogP contribution in [0, 0.1) is 6.92 Å². The Morgan fingerprint density at radius 3 is 2.54 bits per heavy atom. The molecule has 4 amide bonds. The zero-order valence-corrected chi connectivity index (χ0v) is 14.2. The number of benzene rings is 2. The minimum atomic E-state index is -1.67. The van der Waals surface area contributed by atoms with E-state index in [-0.39, 0.29) is 0 Å². The highest BCUT2D eigenvalue weighted by molar-refractivity contribution is 6.27. The van der Waals surface area contributed by atoms with E-state index in [2.05, 4.69) is 10.6 Å². The number of carbonyl (C=O) groups is 3. The summed E-state index contributed by atoms with van der Waals surface area (Å²) < 4.78 is 0. The van der Waals surface area contributed by atoms with Crippen molar-refractivity contribution in [1.82, 2.24) is 10.6 Å². The number of rotatable bonds is 3. The van der Waals surface area contributed by atoms with Crippen LogP contribution >= 0.6 is 0 Å². The van der Waals surface area contributed by atoms with Gasteiger partial charge in [-0.25, -0.2) is 4.79 Å². The number of aryl methyl sites for hydroxylation is 1. The van der Waals surface area contributed by atoms with Crippen LogP contribution in [0.5, 0.6) is 0 Å². The smallest absolute Gasteiger partial charge is 0.312 e. The SMILES string of the molecule is Cc1ccc2c(c1)C1(NC(=O)NC1=O)C(=O)N2CC=Cc1ccccc1. The van der Waals surface area contributed by atoms with E-state index in [1.54, 1.807) is 6.07 Å². The minimum absolute atomic E-state index is 0.300. The fourth-order valence-corrected chi connectivity index (χ4v) is 3.45. The van der Waals surface area contributed by atoms with E-state index < -0.39 is 23.4 Å². The molecule has 0 radical (unpaired) electrons. The van der Waals surface area contributed by atoms with Crippen molar-refractivity contribution in [3.8, 4) is 0 Å². The zero-order chi connectivity index (χ0) is 18.3. The lowest BCUT2D eigenvalue weighted by molar-refractivity contribution is -0.133. The van der Waals surface area contributed by atoms with Gasteiger partial charge in [-0.05, 0) is 18.6 Å². The third kappa shape index (κ3) is 2.30. The summed E-state index contributed by atoms with van der Waals surface area (Å²) in [6, 6.07) is 14.6. The average Bonchev–Trinajstić information content (AvgIpc) is 3.05. The molecular formula is C20H17N3O3. The first-order valence-corrected chi connectivity index (χ1v) is 8.30. The van der Waals surface area contributed by atoms with Gasteiger partial charge in [0.25, 0.3) is 11.8 Å². The van der Waals surface area contributed by atoms with Crippen molar-refractivity contribution < 1.29 is 14.4 Å². The molecule has 2 aliphatic heterocycles. The van der Waals surface area contributed by atoms with Crippen LogP contribution in [0.1, 0.15) is 16.7 Å². The average molecular weight is 347 g/mol. The van der Waals surface area contributed by atoms with Crippen molar-refractivity contribution in [1.29, 1.82) is 0 Å². The second kappa shape index (κ2) is 5.84. The van der Waals surface area contributed by atoms with E-state index >= 15 is 0 Å². The number of hydrogen-bond acceptors (Lipinski definition) is 3. The fourth-order valence-electron chi connectivity index (χ4n) is 3.45. The number of nitrogens with zero attached hydrogens (tertiary/aromatic N) is 1. The lowest BCUT2D eigenvalue weighted by Gasteiger charge is -2.20. The second-order valence-corrected chi connectivity index (χ2v) is 6.41. The Hall–Kier alpha value is -3.41. The van der Waals surface area contributed by atoms with Gasteiger partial charge in [-0.3, -0.25) is 14.9 Å². The first kappa shape index (κ1) is 16.1. The van der Waals surface area contributed by atoms with Gasteiger partial charge in [-0.1, -0.05) is 60.2 Å². The highest BCUT2D eigenvalue weighted by Gasteiger charge is 2.61. The molecule has 26 heavy (non-hydrogen) atoms. The Bertz CT molecular complexity index is 952. The number of amides is 4. The predicted molar refractivity (Wildman–Crippen MR) is 97.4 cm³/mol. The van der Waals surface area contributed by atoms with Gasteiger partial charge in [-0.2, -0.15) is 0 Å². The topological polar surface area (TPSA) is 78.5 Å². The molecule has 1 spiro atoms. The molecule has 2 N–H and O–H groups in total. The Labute approximate surface area is 150 Å². The van der Waals surface area contributed by atoms with Crippen LogP contribution < -0.4 is 15.5 Å². The Morgan fingerprint density at radius 2 is 1.85 bits per heavy atom. The van der Waals surface area contributed by atoms with Crippen molar-refractivity contribution in [2.45, 2.75) is 12.5 Å². The maximum Gasteiger partial charge on any atom is 0.323 e. The molecule has 1 fully saturated rings. The normalized spacial score (nSPS) is 21.4. The Kier molecular flexibility index (Phi) is 3.61. The summed E-state index contributed by atoms with van der Waals surface area (Å²) in [5.41, 5.74) is 1.41. The number of hydrogen-bond donors (Lipinski definition) is 2. The number of fused-ring (bicyclic) bond motifs is 2. The summed E-state index contributed by atoms with van der Waals surface area (Å²) in [6.45, 7) is 2.18. The van der Waals surface area contributed by atoms with E-state index in [0.29, 0.717) is 17.8 Å². The van der Waals surface area contributed by atoms with Crippen molar-refractivity contribution >= 4 is 29.6 Å². The van der Waals surface area contributed by atoms with Crippen LogP contribution in [-0.4, -0.2) is 24.4 Å². The molecule has 4 rings (SSSR count). The lowest BCUT2D eigenvalue weighted by Crippen LogP contribution is -2.52. The van der Waals surface area contributed by atoms with Gasteiger partial charge < -0.3 is 10.2 Å². The molecule has 0 bridgehead atoms. The molecule has 2 aromatic rings. The van der Waals surface area contributed by atoms with Crippen LogP contribution in [0.25, 0.3) is 6.08 Å². The molecular weight excluding hydrogens is 330 g/mol. The predicted octanol–water partition coefficient (Wildman–Crippen LogP) is 2.09. The quantitative estimate of drug-likeness (QED) is 0.659. The number of nitrogens with one attached hydrogen (secondary N) is 2. The summed E-state index contributed by atoms with van der Waals surface area (Å²) in [7, 11) is 0. The van der Waals surface area contributed by atoms with Gasteiger partial charge in [-0.15, -0.1) is 0 Å². The van der Waals surface area contributed by atoms with E-state index in [1.807, 2.05) is 61.5 Å². The number of carbonyl (C=O) groups excluding carboxylic acids is 3. The maximum atomic E-state index is 13.1. The first-order chi connectivity index (χ1) is 12.5. The zero-order valence-electron chi connectivity index (χ0n) is 14.2. The van der Waals surface area contributed by atoms with Crippen LogP contribution in [0.3, 0.4) is 0 Å². The highest BCUT2D eigenvalue weighted by atomic mass is 16.2. The van der Waals surface area contributed by atoms with Crippen LogP contribution in [0.2, 0.25) is 0 Å². The molecule has 6 nitrogen and oxygen atoms in total. The molecule has 2 heterocycles. The largest absolute Gasteiger partial charge is 0.323 e. The molecule has 0 saturated carbocycles. The van der Waals surface area contributed by atoms with Gasteiger partial charge >= 0.3 is 6.03 Å². The van der Waals surface area contributed by atoms with Gasteiger partial charge in [0.05, 0.1) is 5.69 Å². The molecule has 2 aliphatic rings. The monoisotopic (exact) mass is 347 g/mol. The Morgan fingerprint density at radius 1 is 1.08 bits per heavy atom. The standard InChI is InChI=1S/C20H17N3O3/c1-13-9-10-16-15(12-13)20(17(24)21-19(26)22-20)18(25)23(16)11-5-8-14-6-3-2-4-7-14/h2-10,12H,11H2,1H3,(H2,21,22,24,26). The lowest BCUT2D eigenvalue weighted by atomic mass is 9.90. The van der Waals surface area contributed by atoms with Gasteiger partial charge in [0.15, 0.2) is 0 Å². The second-order valence-electron chi connectivity index (χ2n) is 6.41. The van der Waals surface area contributed by atoms with Gasteiger partial charge in [0.2, 0.25) is 5.54 Å². The van der Waals surface area contributed by atoms with Crippen molar-refractivity contribution in [3.63, 3.8) is 0 Å². The summed E-state index contributed by atoms with van der Waals surface area (Å²) in [6.07, 6.45) is 3.78. The summed E-state index contributed by atoms with van der Waals surface area (Å²) in [4.78, 5) is 38.8. The molecule has 130 valence electrons. The van der Waals surface area contributed by atoms with Crippen LogP contribution in [-0.2, 0) is 15.1 Å². The minimum Gasteiger partial charge on any atom is -0.312 e. The van der Waals surface area contributed by atoms with Crippen molar-refractivity contribution in [3.05, 3.63) is 71.3 Å². The molecule has 0 aromatic heterocycles. The number of urea groups is 1. The maximum absolute atomic E-state index is 13.1. The number of anilines is 1. The van der Waals surface area contributed by atoms with E-state index in [0.717, 1.165) is 11.1 Å². The van der Waals surface area contributed by atoms with E-state index in [4.69, 9.17) is 0 Å². The highest BCUT2D eigenvalue weighted by Crippen LogP contribution is 2.42. The summed E-state index contributed by atoms with van der Waals surface area (Å²) in [5, 5.41) is 4.72. The molecule has 6 heteroatoms. The molecule has 1 saturated heterocycles. The van der Waals surface area contributed by atoms with E-state index in [1.165, 1.54) is 4.90 Å². The first-order valence-electron chi connectivity index (χ1n) is 8.30. The van der Waals surface area contributed by atoms with Crippen LogP contribution in [0.15, 0.2) is 54.6 Å².